The van der Waals surface area contributed by atoms with Crippen LogP contribution in [-0.4, -0.2) is 20.2 Å². The van der Waals surface area contributed by atoms with Crippen LogP contribution in [0.2, 0.25) is 10.2 Å². The van der Waals surface area contributed by atoms with E-state index in [0.717, 1.165) is 10.9 Å². The van der Waals surface area contributed by atoms with Crippen molar-refractivity contribution in [3.8, 4) is 0 Å². The van der Waals surface area contributed by atoms with Crippen LogP contribution in [0, 0.1) is 0 Å². The molecule has 1 aromatic heterocycles. The molecular formula is C14H14Cl2N2OS. The fourth-order valence-electron chi connectivity index (χ4n) is 1.49. The topological polar surface area (TPSA) is 42.3 Å². The third kappa shape index (κ3) is 3.57. The van der Waals surface area contributed by atoms with Crippen LogP contribution in [0.4, 0.5) is 0 Å². The highest BCUT2D eigenvalue weighted by Crippen LogP contribution is 2.23. The summed E-state index contributed by atoms with van der Waals surface area (Å²) >= 11 is 12.1. The molecule has 2 rings (SSSR count). The number of nitrogens with zero attached hydrogens (tertiary/aromatic N) is 2. The Labute approximate surface area is 130 Å². The Morgan fingerprint density at radius 2 is 1.95 bits per heavy atom. The van der Waals surface area contributed by atoms with Crippen molar-refractivity contribution in [2.24, 2.45) is 4.40 Å². The van der Waals surface area contributed by atoms with E-state index in [1.54, 1.807) is 18.2 Å². The predicted molar refractivity (Wildman–Crippen MR) is 87.3 cm³/mol. The van der Waals surface area contributed by atoms with Crippen LogP contribution in [0.1, 0.15) is 26.3 Å². The summed E-state index contributed by atoms with van der Waals surface area (Å²) in [6.45, 7) is 5.58. The minimum Gasteiger partial charge on any atom is -0.235 e. The smallest absolute Gasteiger partial charge is 0.144 e. The lowest BCUT2D eigenvalue weighted by molar-refractivity contribution is 0.651. The van der Waals surface area contributed by atoms with Gasteiger partial charge in [-0.3, -0.25) is 0 Å². The molecule has 0 amide bonds. The maximum atomic E-state index is 11.9. The Morgan fingerprint density at radius 1 is 1.25 bits per heavy atom. The van der Waals surface area contributed by atoms with E-state index in [0.29, 0.717) is 15.7 Å². The number of fused-ring (bicyclic) bond motifs is 1. The number of hydrogen-bond acceptors (Lipinski definition) is 2. The molecule has 3 nitrogen and oxygen atoms in total. The quantitative estimate of drug-likeness (QED) is 0.604. The first-order valence-electron chi connectivity index (χ1n) is 5.99. The third-order valence-electron chi connectivity index (χ3n) is 2.57. The molecule has 0 aliphatic rings. The summed E-state index contributed by atoms with van der Waals surface area (Å²) in [6, 6.07) is 7.20. The summed E-state index contributed by atoms with van der Waals surface area (Å²) < 4.78 is 15.5. The summed E-state index contributed by atoms with van der Waals surface area (Å²) in [5, 5.41) is 1.82. The molecular weight excluding hydrogens is 315 g/mol. The van der Waals surface area contributed by atoms with Crippen LogP contribution in [0.3, 0.4) is 0 Å². The number of hydrogen-bond donors (Lipinski definition) is 0. The Bertz CT molecular complexity index is 708. The van der Waals surface area contributed by atoms with Crippen molar-refractivity contribution in [2.75, 3.05) is 0 Å². The number of aromatic nitrogens is 1. The zero-order valence-electron chi connectivity index (χ0n) is 11.4. The van der Waals surface area contributed by atoms with Crippen molar-refractivity contribution in [2.45, 2.75) is 25.5 Å². The van der Waals surface area contributed by atoms with Gasteiger partial charge in [0.15, 0.2) is 0 Å². The van der Waals surface area contributed by atoms with E-state index in [1.165, 1.54) is 6.21 Å². The normalized spacial score (nSPS) is 14.1. The summed E-state index contributed by atoms with van der Waals surface area (Å²) in [7, 11) is -1.33. The standard InChI is InChI=1S/C14H14Cl2N2OS/c1-14(2,3)20(19)17-8-10-6-9-7-11(15)4-5-12(9)18-13(10)16/h4-8H,1-3H3/t20-/m0/s1. The maximum Gasteiger partial charge on any atom is 0.144 e. The van der Waals surface area contributed by atoms with E-state index in [2.05, 4.69) is 9.38 Å². The molecule has 0 radical (unpaired) electrons. The summed E-state index contributed by atoms with van der Waals surface area (Å²) in [4.78, 5) is 4.27. The second kappa shape index (κ2) is 5.80. The average molecular weight is 329 g/mol. The highest BCUT2D eigenvalue weighted by molar-refractivity contribution is 7.85. The fraction of sp³-hybridized carbons (Fsp3) is 0.286. The minimum absolute atomic E-state index is 0.328. The monoisotopic (exact) mass is 328 g/mol. The zero-order valence-corrected chi connectivity index (χ0v) is 13.7. The summed E-state index contributed by atoms with van der Waals surface area (Å²) in [5.41, 5.74) is 1.38. The van der Waals surface area contributed by atoms with Crippen LogP contribution in [0.5, 0.6) is 0 Å². The van der Waals surface area contributed by atoms with Crippen LogP contribution in [0.15, 0.2) is 28.7 Å². The van der Waals surface area contributed by atoms with Crippen LogP contribution >= 0.6 is 23.2 Å². The van der Waals surface area contributed by atoms with E-state index in [-0.39, 0.29) is 0 Å². The van der Waals surface area contributed by atoms with Gasteiger partial charge in [0, 0.05) is 22.2 Å². The largest absolute Gasteiger partial charge is 0.235 e. The van der Waals surface area contributed by atoms with Gasteiger partial charge in [-0.05, 0) is 45.0 Å². The van der Waals surface area contributed by atoms with E-state index in [4.69, 9.17) is 23.2 Å². The van der Waals surface area contributed by atoms with E-state index in [1.807, 2.05) is 26.8 Å². The van der Waals surface area contributed by atoms with Crippen LogP contribution in [-0.2, 0) is 11.0 Å². The Kier molecular flexibility index (Phi) is 4.47. The molecule has 0 unspecified atom stereocenters. The van der Waals surface area contributed by atoms with E-state index >= 15 is 0 Å². The zero-order chi connectivity index (χ0) is 14.9. The molecule has 0 aliphatic heterocycles. The number of rotatable bonds is 2. The first kappa shape index (κ1) is 15.4. The highest BCUT2D eigenvalue weighted by Gasteiger charge is 2.18. The molecule has 0 bridgehead atoms. The molecule has 1 atom stereocenters. The van der Waals surface area contributed by atoms with Crippen molar-refractivity contribution < 1.29 is 4.21 Å². The predicted octanol–water partition coefficient (Wildman–Crippen LogP) is 4.42. The van der Waals surface area contributed by atoms with Gasteiger partial charge in [0.25, 0.3) is 0 Å². The Hall–Kier alpha value is -0.970. The minimum atomic E-state index is -1.33. The van der Waals surface area contributed by atoms with Gasteiger partial charge in [-0.15, -0.1) is 0 Å². The van der Waals surface area contributed by atoms with Gasteiger partial charge in [-0.1, -0.05) is 23.2 Å². The number of pyridine rings is 1. The van der Waals surface area contributed by atoms with Gasteiger partial charge in [0.2, 0.25) is 0 Å². The van der Waals surface area contributed by atoms with Gasteiger partial charge < -0.3 is 0 Å². The van der Waals surface area contributed by atoms with Crippen molar-refractivity contribution >= 4 is 51.3 Å². The van der Waals surface area contributed by atoms with Crippen molar-refractivity contribution in [3.63, 3.8) is 0 Å². The molecule has 0 saturated heterocycles. The first-order chi connectivity index (χ1) is 9.27. The average Bonchev–Trinajstić information content (AvgIpc) is 2.35. The van der Waals surface area contributed by atoms with Crippen molar-refractivity contribution in [3.05, 3.63) is 40.0 Å². The third-order valence-corrected chi connectivity index (χ3v) is 4.45. The maximum absolute atomic E-state index is 11.9. The molecule has 1 aromatic carbocycles. The molecule has 6 heteroatoms. The molecule has 0 spiro atoms. The molecule has 106 valence electrons. The van der Waals surface area contributed by atoms with Crippen molar-refractivity contribution in [1.29, 1.82) is 0 Å². The van der Waals surface area contributed by atoms with E-state index < -0.39 is 15.7 Å². The van der Waals surface area contributed by atoms with Gasteiger partial charge >= 0.3 is 0 Å². The van der Waals surface area contributed by atoms with Gasteiger partial charge in [-0.2, -0.15) is 4.40 Å². The Balaban J connectivity index is 2.42. The second-order valence-electron chi connectivity index (χ2n) is 5.30. The lowest BCUT2D eigenvalue weighted by Crippen LogP contribution is -2.19. The van der Waals surface area contributed by atoms with Crippen molar-refractivity contribution in [1.82, 2.24) is 4.98 Å². The molecule has 1 heterocycles. The molecule has 0 saturated carbocycles. The lowest BCUT2D eigenvalue weighted by atomic mass is 10.2. The first-order valence-corrected chi connectivity index (χ1v) is 7.85. The van der Waals surface area contributed by atoms with Gasteiger partial charge in [0.1, 0.15) is 16.1 Å². The molecule has 20 heavy (non-hydrogen) atoms. The SMILES string of the molecule is CC(C)(C)[S@](=O)N=Cc1cc2cc(Cl)ccc2nc1Cl. The number of benzene rings is 1. The summed E-state index contributed by atoms with van der Waals surface area (Å²) in [6.07, 6.45) is 1.50. The van der Waals surface area contributed by atoms with Crippen LogP contribution in [0.25, 0.3) is 10.9 Å². The van der Waals surface area contributed by atoms with Gasteiger partial charge in [0.05, 0.1) is 10.3 Å². The molecule has 0 aliphatic carbocycles. The Morgan fingerprint density at radius 3 is 2.60 bits per heavy atom. The molecule has 0 fully saturated rings. The molecule has 2 aromatic rings. The van der Waals surface area contributed by atoms with Gasteiger partial charge in [-0.25, -0.2) is 9.19 Å². The van der Waals surface area contributed by atoms with E-state index in [9.17, 15) is 4.21 Å². The summed E-state index contributed by atoms with van der Waals surface area (Å²) in [5.74, 6) is 0. The lowest BCUT2D eigenvalue weighted by Gasteiger charge is -2.12. The van der Waals surface area contributed by atoms with Crippen LogP contribution < -0.4 is 0 Å². The fourth-order valence-corrected chi connectivity index (χ4v) is 2.39. The molecule has 0 N–H and O–H groups in total. The number of halogens is 2. The highest BCUT2D eigenvalue weighted by atomic mass is 35.5. The second-order valence-corrected chi connectivity index (χ2v) is 8.03.